The Labute approximate surface area is 140 Å². The lowest BCUT2D eigenvalue weighted by molar-refractivity contribution is 0.0827. The second kappa shape index (κ2) is 6.49. The Morgan fingerprint density at radius 1 is 1.10 bits per heavy atom. The Kier molecular flexibility index (Phi) is 4.90. The van der Waals surface area contributed by atoms with Crippen molar-refractivity contribution in [3.8, 4) is 0 Å². The summed E-state index contributed by atoms with van der Waals surface area (Å²) in [6.07, 6.45) is 0. The summed E-state index contributed by atoms with van der Waals surface area (Å²) in [5.41, 5.74) is 8.77. The number of hydrogen-bond donors (Lipinski definition) is 2. The number of amides is 1. The molecular weight excluding hydrogens is 398 g/mol. The number of anilines is 3. The molecule has 21 heavy (non-hydrogen) atoms. The molecule has 0 fully saturated rings. The van der Waals surface area contributed by atoms with Crippen molar-refractivity contribution in [3.63, 3.8) is 0 Å². The molecule has 0 atom stereocenters. The van der Waals surface area contributed by atoms with E-state index in [0.717, 1.165) is 20.3 Å². The third kappa shape index (κ3) is 3.77. The zero-order valence-corrected chi connectivity index (χ0v) is 14.8. The SMILES string of the molecule is CN(C)C(=O)c1ccc(Nc2cc(Br)ccc2Br)c(N)c1. The summed E-state index contributed by atoms with van der Waals surface area (Å²) in [5.74, 6) is -0.0723. The van der Waals surface area contributed by atoms with Crippen LogP contribution >= 0.6 is 31.9 Å². The van der Waals surface area contributed by atoms with E-state index in [0.29, 0.717) is 11.3 Å². The summed E-state index contributed by atoms with van der Waals surface area (Å²) in [5, 5.41) is 3.25. The predicted molar refractivity (Wildman–Crippen MR) is 94.0 cm³/mol. The van der Waals surface area contributed by atoms with Gasteiger partial charge in [-0.05, 0) is 52.3 Å². The average molecular weight is 413 g/mol. The van der Waals surface area contributed by atoms with Gasteiger partial charge in [0.15, 0.2) is 0 Å². The predicted octanol–water partition coefficient (Wildman–Crippen LogP) is 4.24. The van der Waals surface area contributed by atoms with Gasteiger partial charge in [-0.3, -0.25) is 4.79 Å². The Hall–Kier alpha value is -1.53. The lowest BCUT2D eigenvalue weighted by Crippen LogP contribution is -2.21. The fourth-order valence-electron chi connectivity index (χ4n) is 1.81. The average Bonchev–Trinajstić information content (AvgIpc) is 2.44. The molecule has 0 saturated heterocycles. The molecule has 0 aliphatic carbocycles. The summed E-state index contributed by atoms with van der Waals surface area (Å²) >= 11 is 6.92. The molecule has 0 aliphatic rings. The number of rotatable bonds is 3. The number of nitrogens with one attached hydrogen (secondary N) is 1. The lowest BCUT2D eigenvalue weighted by atomic mass is 10.1. The second-order valence-corrected chi connectivity index (χ2v) is 6.52. The molecule has 0 aromatic heterocycles. The van der Waals surface area contributed by atoms with E-state index in [1.165, 1.54) is 4.90 Å². The van der Waals surface area contributed by atoms with Crippen LogP contribution in [0.2, 0.25) is 0 Å². The molecule has 0 bridgehead atoms. The smallest absolute Gasteiger partial charge is 0.253 e. The minimum atomic E-state index is -0.0723. The zero-order chi connectivity index (χ0) is 15.6. The Bertz CT molecular complexity index is 687. The number of halogens is 2. The number of nitrogens with zero attached hydrogens (tertiary/aromatic N) is 1. The normalized spacial score (nSPS) is 10.3. The van der Waals surface area contributed by atoms with E-state index in [1.807, 2.05) is 18.2 Å². The molecule has 0 spiro atoms. The van der Waals surface area contributed by atoms with Crippen molar-refractivity contribution >= 4 is 54.8 Å². The Morgan fingerprint density at radius 2 is 1.81 bits per heavy atom. The first-order valence-electron chi connectivity index (χ1n) is 6.21. The van der Waals surface area contributed by atoms with Gasteiger partial charge in [0.05, 0.1) is 17.1 Å². The lowest BCUT2D eigenvalue weighted by Gasteiger charge is -2.14. The van der Waals surface area contributed by atoms with E-state index in [1.54, 1.807) is 32.3 Å². The maximum absolute atomic E-state index is 11.9. The first-order valence-corrected chi connectivity index (χ1v) is 7.80. The van der Waals surface area contributed by atoms with Crippen LogP contribution in [0, 0.1) is 0 Å². The fourth-order valence-corrected chi connectivity index (χ4v) is 2.51. The van der Waals surface area contributed by atoms with Crippen LogP contribution in [0.1, 0.15) is 10.4 Å². The number of carbonyl (C=O) groups excluding carboxylic acids is 1. The van der Waals surface area contributed by atoms with Crippen molar-refractivity contribution < 1.29 is 4.79 Å². The number of nitrogens with two attached hydrogens (primary N) is 1. The summed E-state index contributed by atoms with van der Waals surface area (Å²) in [7, 11) is 3.42. The van der Waals surface area contributed by atoms with E-state index >= 15 is 0 Å². The number of nitrogen functional groups attached to an aromatic ring is 1. The van der Waals surface area contributed by atoms with E-state index in [9.17, 15) is 4.79 Å². The minimum absolute atomic E-state index is 0.0723. The molecule has 0 aliphatic heterocycles. The van der Waals surface area contributed by atoms with Crippen LogP contribution in [-0.2, 0) is 0 Å². The van der Waals surface area contributed by atoms with Crippen molar-refractivity contribution in [1.29, 1.82) is 0 Å². The summed E-state index contributed by atoms with van der Waals surface area (Å²) in [6.45, 7) is 0. The maximum atomic E-state index is 11.9. The van der Waals surface area contributed by atoms with Gasteiger partial charge < -0.3 is 16.0 Å². The van der Waals surface area contributed by atoms with Crippen LogP contribution in [0.15, 0.2) is 45.3 Å². The van der Waals surface area contributed by atoms with Gasteiger partial charge in [0, 0.05) is 28.6 Å². The monoisotopic (exact) mass is 411 g/mol. The first-order chi connectivity index (χ1) is 9.88. The molecule has 2 aromatic carbocycles. The Balaban J connectivity index is 2.30. The molecule has 2 rings (SSSR count). The molecular formula is C15H15Br2N3O. The molecule has 4 nitrogen and oxygen atoms in total. The van der Waals surface area contributed by atoms with Gasteiger partial charge in [-0.15, -0.1) is 0 Å². The van der Waals surface area contributed by atoms with Crippen molar-refractivity contribution in [3.05, 3.63) is 50.9 Å². The van der Waals surface area contributed by atoms with Crippen molar-refractivity contribution in [1.82, 2.24) is 4.90 Å². The van der Waals surface area contributed by atoms with Gasteiger partial charge in [0.1, 0.15) is 0 Å². The molecule has 6 heteroatoms. The summed E-state index contributed by atoms with van der Waals surface area (Å²) in [6, 6.07) is 11.1. The summed E-state index contributed by atoms with van der Waals surface area (Å²) < 4.78 is 1.89. The van der Waals surface area contributed by atoms with E-state index in [4.69, 9.17) is 5.73 Å². The van der Waals surface area contributed by atoms with Crippen LogP contribution in [0.5, 0.6) is 0 Å². The topological polar surface area (TPSA) is 58.4 Å². The van der Waals surface area contributed by atoms with Crippen molar-refractivity contribution in [2.45, 2.75) is 0 Å². The number of benzene rings is 2. The third-order valence-electron chi connectivity index (χ3n) is 2.90. The quantitative estimate of drug-likeness (QED) is 0.741. The molecule has 3 N–H and O–H groups in total. The molecule has 2 aromatic rings. The molecule has 0 radical (unpaired) electrons. The van der Waals surface area contributed by atoms with E-state index in [-0.39, 0.29) is 5.91 Å². The number of hydrogen-bond acceptors (Lipinski definition) is 3. The molecule has 0 unspecified atom stereocenters. The van der Waals surface area contributed by atoms with Gasteiger partial charge in [-0.2, -0.15) is 0 Å². The fraction of sp³-hybridized carbons (Fsp3) is 0.133. The van der Waals surface area contributed by atoms with Crippen LogP contribution in [0.4, 0.5) is 17.1 Å². The molecule has 1 amide bonds. The standard InChI is InChI=1S/C15H15Br2N3O/c1-20(2)15(21)9-3-6-13(12(18)7-9)19-14-8-10(16)4-5-11(14)17/h3-8,19H,18H2,1-2H3. The van der Waals surface area contributed by atoms with Crippen LogP contribution in [0.25, 0.3) is 0 Å². The van der Waals surface area contributed by atoms with Crippen LogP contribution < -0.4 is 11.1 Å². The largest absolute Gasteiger partial charge is 0.397 e. The first kappa shape index (κ1) is 15.9. The number of carbonyl (C=O) groups is 1. The molecule has 0 heterocycles. The highest BCUT2D eigenvalue weighted by Gasteiger charge is 2.11. The van der Waals surface area contributed by atoms with Gasteiger partial charge in [0.2, 0.25) is 0 Å². The second-order valence-electron chi connectivity index (χ2n) is 4.75. The van der Waals surface area contributed by atoms with Crippen LogP contribution in [0.3, 0.4) is 0 Å². The highest BCUT2D eigenvalue weighted by atomic mass is 79.9. The highest BCUT2D eigenvalue weighted by molar-refractivity contribution is 9.11. The van der Waals surface area contributed by atoms with Crippen LogP contribution in [-0.4, -0.2) is 24.9 Å². The van der Waals surface area contributed by atoms with Gasteiger partial charge in [0.25, 0.3) is 5.91 Å². The molecule has 110 valence electrons. The van der Waals surface area contributed by atoms with Gasteiger partial charge in [-0.1, -0.05) is 15.9 Å². The summed E-state index contributed by atoms with van der Waals surface area (Å²) in [4.78, 5) is 13.4. The van der Waals surface area contributed by atoms with Gasteiger partial charge in [-0.25, -0.2) is 0 Å². The Morgan fingerprint density at radius 3 is 2.43 bits per heavy atom. The molecule has 0 saturated carbocycles. The van der Waals surface area contributed by atoms with Gasteiger partial charge >= 0.3 is 0 Å². The highest BCUT2D eigenvalue weighted by Crippen LogP contribution is 2.31. The third-order valence-corrected chi connectivity index (χ3v) is 4.09. The minimum Gasteiger partial charge on any atom is -0.397 e. The van der Waals surface area contributed by atoms with Crippen molar-refractivity contribution in [2.75, 3.05) is 25.1 Å². The maximum Gasteiger partial charge on any atom is 0.253 e. The zero-order valence-electron chi connectivity index (χ0n) is 11.7. The van der Waals surface area contributed by atoms with E-state index in [2.05, 4.69) is 37.2 Å². The van der Waals surface area contributed by atoms with Crippen molar-refractivity contribution in [2.24, 2.45) is 0 Å². The van der Waals surface area contributed by atoms with E-state index < -0.39 is 0 Å².